The third-order valence-corrected chi connectivity index (χ3v) is 8.88. The molecule has 0 N–H and O–H groups in total. The lowest BCUT2D eigenvalue weighted by Gasteiger charge is -2.39. The predicted octanol–water partition coefficient (Wildman–Crippen LogP) is 11.0. The molecule has 0 aliphatic rings. The van der Waals surface area contributed by atoms with Crippen molar-refractivity contribution in [3.63, 3.8) is 0 Å². The zero-order valence-electron chi connectivity index (χ0n) is 25.4. The molecular weight excluding hydrogens is 472 g/mol. The molecule has 0 radical (unpaired) electrons. The van der Waals surface area contributed by atoms with Crippen LogP contribution in [0.1, 0.15) is 139 Å². The van der Waals surface area contributed by atoms with E-state index in [0.29, 0.717) is 5.92 Å². The summed E-state index contributed by atoms with van der Waals surface area (Å²) in [6, 6.07) is 22.2. The summed E-state index contributed by atoms with van der Waals surface area (Å²) in [5, 5.41) is 0. The van der Waals surface area contributed by atoms with Crippen LogP contribution in [0.15, 0.2) is 73.1 Å². The molecule has 2 atom stereocenters. The van der Waals surface area contributed by atoms with Crippen LogP contribution in [-0.2, 0) is 18.9 Å². The largest absolute Gasteiger partial charge is 0.338 e. The minimum Gasteiger partial charge on any atom is -0.338 e. The lowest BCUT2D eigenvalue weighted by atomic mass is 9.66. The summed E-state index contributed by atoms with van der Waals surface area (Å²) in [7, 11) is 2.16. The molecule has 2 nitrogen and oxygen atoms in total. The van der Waals surface area contributed by atoms with E-state index in [2.05, 4.69) is 92.3 Å². The van der Waals surface area contributed by atoms with Gasteiger partial charge in [-0.05, 0) is 24.0 Å². The first kappa shape index (κ1) is 31.2. The van der Waals surface area contributed by atoms with Gasteiger partial charge in [0.2, 0.25) is 0 Å². The highest BCUT2D eigenvalue weighted by Crippen LogP contribution is 2.44. The first-order valence-corrected chi connectivity index (χ1v) is 16.2. The van der Waals surface area contributed by atoms with Crippen LogP contribution in [0.3, 0.4) is 0 Å². The SMILES string of the molecule is CCCCCCCCCCCCCCCCCC(c1nccn1C)C(C)(Cc1ccccc1)c1ccccc1. The van der Waals surface area contributed by atoms with Crippen molar-refractivity contribution in [2.75, 3.05) is 0 Å². The first-order chi connectivity index (χ1) is 19.1. The minimum atomic E-state index is -0.0161. The number of rotatable bonds is 21. The molecule has 0 fully saturated rings. The molecule has 3 rings (SSSR count). The second-order valence-corrected chi connectivity index (χ2v) is 12.1. The monoisotopic (exact) mass is 528 g/mol. The Labute approximate surface area is 240 Å². The molecule has 0 saturated carbocycles. The average Bonchev–Trinajstić information content (AvgIpc) is 3.39. The fourth-order valence-electron chi connectivity index (χ4n) is 6.43. The number of hydrogen-bond donors (Lipinski definition) is 0. The fraction of sp³-hybridized carbons (Fsp3) is 0.595. The van der Waals surface area contributed by atoms with Gasteiger partial charge >= 0.3 is 0 Å². The molecule has 0 aliphatic heterocycles. The van der Waals surface area contributed by atoms with Gasteiger partial charge in [-0.25, -0.2) is 4.98 Å². The number of aromatic nitrogens is 2. The Bertz CT molecular complexity index is 993. The van der Waals surface area contributed by atoms with E-state index in [4.69, 9.17) is 4.98 Å². The van der Waals surface area contributed by atoms with E-state index in [1.165, 1.54) is 120 Å². The van der Waals surface area contributed by atoms with Crippen LogP contribution in [-0.4, -0.2) is 9.55 Å². The second kappa shape index (κ2) is 18.1. The van der Waals surface area contributed by atoms with E-state index < -0.39 is 0 Å². The Morgan fingerprint density at radius 3 is 1.64 bits per heavy atom. The standard InChI is InChI=1S/C37H56N2/c1-4-5-6-7-8-9-10-11-12-13-14-15-16-17-24-29-35(36-38-30-31-39(36)3)37(2,34-27-22-19-23-28-34)32-33-25-20-18-21-26-33/h18-23,25-28,30-31,35H,4-17,24,29,32H2,1-3H3. The number of benzene rings is 2. The van der Waals surface area contributed by atoms with Crippen molar-refractivity contribution in [2.24, 2.45) is 7.05 Å². The molecule has 0 spiro atoms. The van der Waals surface area contributed by atoms with Gasteiger partial charge in [-0.1, -0.05) is 171 Å². The van der Waals surface area contributed by atoms with E-state index in [1.54, 1.807) is 0 Å². The number of imidazole rings is 1. The third-order valence-electron chi connectivity index (χ3n) is 8.88. The van der Waals surface area contributed by atoms with Crippen LogP contribution >= 0.6 is 0 Å². The number of unbranched alkanes of at least 4 members (excludes halogenated alkanes) is 14. The summed E-state index contributed by atoms with van der Waals surface area (Å²) in [6.07, 6.45) is 27.4. The van der Waals surface area contributed by atoms with E-state index >= 15 is 0 Å². The molecule has 1 heterocycles. The number of nitrogens with zero attached hydrogens (tertiary/aromatic N) is 2. The Hall–Kier alpha value is -2.35. The van der Waals surface area contributed by atoms with Crippen molar-refractivity contribution in [3.05, 3.63) is 90.0 Å². The highest BCUT2D eigenvalue weighted by Gasteiger charge is 2.38. The Morgan fingerprint density at radius 2 is 1.15 bits per heavy atom. The summed E-state index contributed by atoms with van der Waals surface area (Å²) < 4.78 is 2.25. The topological polar surface area (TPSA) is 17.8 Å². The second-order valence-electron chi connectivity index (χ2n) is 12.1. The molecule has 0 saturated heterocycles. The van der Waals surface area contributed by atoms with Gasteiger partial charge in [-0.15, -0.1) is 0 Å². The minimum absolute atomic E-state index is 0.0161. The first-order valence-electron chi connectivity index (χ1n) is 16.2. The summed E-state index contributed by atoms with van der Waals surface area (Å²) >= 11 is 0. The van der Waals surface area contributed by atoms with Crippen molar-refractivity contribution >= 4 is 0 Å². The zero-order valence-corrected chi connectivity index (χ0v) is 25.4. The molecule has 3 aromatic rings. The molecule has 0 aliphatic carbocycles. The van der Waals surface area contributed by atoms with Crippen LogP contribution in [0.4, 0.5) is 0 Å². The fourth-order valence-corrected chi connectivity index (χ4v) is 6.43. The van der Waals surface area contributed by atoms with Crippen molar-refractivity contribution in [3.8, 4) is 0 Å². The highest BCUT2D eigenvalue weighted by molar-refractivity contribution is 5.33. The van der Waals surface area contributed by atoms with Crippen LogP contribution in [0.2, 0.25) is 0 Å². The molecule has 0 amide bonds. The quantitative estimate of drug-likeness (QED) is 0.126. The van der Waals surface area contributed by atoms with Gasteiger partial charge < -0.3 is 4.57 Å². The van der Waals surface area contributed by atoms with Crippen molar-refractivity contribution in [1.29, 1.82) is 0 Å². The van der Waals surface area contributed by atoms with Gasteiger partial charge in [0.05, 0.1) is 0 Å². The Kier molecular flexibility index (Phi) is 14.5. The third kappa shape index (κ3) is 10.6. The molecule has 0 bridgehead atoms. The van der Waals surface area contributed by atoms with Gasteiger partial charge in [0.15, 0.2) is 0 Å². The average molecular weight is 529 g/mol. The molecule has 39 heavy (non-hydrogen) atoms. The summed E-state index contributed by atoms with van der Waals surface area (Å²) in [6.45, 7) is 4.77. The van der Waals surface area contributed by atoms with Crippen molar-refractivity contribution in [1.82, 2.24) is 9.55 Å². The summed E-state index contributed by atoms with van der Waals surface area (Å²) in [5.74, 6) is 1.60. The van der Waals surface area contributed by atoms with Crippen LogP contribution in [0.25, 0.3) is 0 Å². The molecule has 2 unspecified atom stereocenters. The predicted molar refractivity (Wildman–Crippen MR) is 169 cm³/mol. The molecule has 2 heteroatoms. The molecule has 214 valence electrons. The zero-order chi connectivity index (χ0) is 27.6. The number of aryl methyl sites for hydroxylation is 1. The smallest absolute Gasteiger partial charge is 0.112 e. The van der Waals surface area contributed by atoms with E-state index in [-0.39, 0.29) is 5.41 Å². The van der Waals surface area contributed by atoms with Gasteiger partial charge in [0, 0.05) is 30.8 Å². The number of hydrogen-bond acceptors (Lipinski definition) is 1. The highest BCUT2D eigenvalue weighted by atomic mass is 15.0. The lowest BCUT2D eigenvalue weighted by molar-refractivity contribution is 0.326. The lowest BCUT2D eigenvalue weighted by Crippen LogP contribution is -2.34. The van der Waals surface area contributed by atoms with Gasteiger partial charge in [-0.2, -0.15) is 0 Å². The van der Waals surface area contributed by atoms with Crippen molar-refractivity contribution < 1.29 is 0 Å². The maximum Gasteiger partial charge on any atom is 0.112 e. The van der Waals surface area contributed by atoms with Gasteiger partial charge in [0.25, 0.3) is 0 Å². The van der Waals surface area contributed by atoms with E-state index in [1.807, 2.05) is 6.20 Å². The maximum atomic E-state index is 4.90. The van der Waals surface area contributed by atoms with Crippen LogP contribution < -0.4 is 0 Å². The van der Waals surface area contributed by atoms with Crippen molar-refractivity contribution in [2.45, 2.75) is 134 Å². The Balaban J connectivity index is 1.47. The molecular formula is C37H56N2. The van der Waals surface area contributed by atoms with Crippen LogP contribution in [0, 0.1) is 0 Å². The van der Waals surface area contributed by atoms with Crippen LogP contribution in [0.5, 0.6) is 0 Å². The van der Waals surface area contributed by atoms with E-state index in [0.717, 1.165) is 6.42 Å². The molecule has 2 aromatic carbocycles. The van der Waals surface area contributed by atoms with E-state index in [9.17, 15) is 0 Å². The summed E-state index contributed by atoms with van der Waals surface area (Å²) in [5.41, 5.74) is 2.81. The van der Waals surface area contributed by atoms with Gasteiger partial charge in [-0.3, -0.25) is 0 Å². The maximum absolute atomic E-state index is 4.90. The summed E-state index contributed by atoms with van der Waals surface area (Å²) in [4.78, 5) is 4.90. The van der Waals surface area contributed by atoms with Gasteiger partial charge in [0.1, 0.15) is 5.82 Å². The normalized spacial score (nSPS) is 13.8. The molecule has 1 aromatic heterocycles. The Morgan fingerprint density at radius 1 is 0.667 bits per heavy atom.